The van der Waals surface area contributed by atoms with E-state index in [1.165, 1.54) is 17.2 Å². The summed E-state index contributed by atoms with van der Waals surface area (Å²) in [6.45, 7) is 1.90. The highest BCUT2D eigenvalue weighted by Crippen LogP contribution is 2.37. The molecular formula is C21H19ClFN3O4S. The van der Waals surface area contributed by atoms with Crippen molar-refractivity contribution in [1.29, 1.82) is 0 Å². The maximum Gasteiger partial charge on any atom is 0.245 e. The van der Waals surface area contributed by atoms with Gasteiger partial charge in [0.05, 0.1) is 40.2 Å². The maximum absolute atomic E-state index is 14.9. The first-order chi connectivity index (χ1) is 14.7. The highest BCUT2D eigenvalue weighted by atomic mass is 35.5. The first-order valence-electron chi connectivity index (χ1n) is 9.52. The van der Waals surface area contributed by atoms with E-state index in [9.17, 15) is 17.6 Å². The highest BCUT2D eigenvalue weighted by molar-refractivity contribution is 7.91. The van der Waals surface area contributed by atoms with Crippen LogP contribution in [0.4, 0.5) is 10.1 Å². The van der Waals surface area contributed by atoms with Gasteiger partial charge in [-0.05, 0) is 36.2 Å². The zero-order chi connectivity index (χ0) is 22.3. The molecule has 0 fully saturated rings. The Labute approximate surface area is 183 Å². The molecule has 0 saturated heterocycles. The number of aryl methyl sites for hydroxylation is 1. The molecule has 10 heteroatoms. The number of benzene rings is 2. The number of fused-ring (bicyclic) bond motifs is 1. The second-order valence-electron chi connectivity index (χ2n) is 7.24. The average molecular weight is 464 g/mol. The van der Waals surface area contributed by atoms with E-state index in [4.69, 9.17) is 21.8 Å². The van der Waals surface area contributed by atoms with Crippen molar-refractivity contribution >= 4 is 33.0 Å². The van der Waals surface area contributed by atoms with E-state index in [0.29, 0.717) is 22.7 Å². The largest absolute Gasteiger partial charge is 0.444 e. The second-order valence-corrected chi connectivity index (χ2v) is 9.68. The van der Waals surface area contributed by atoms with Gasteiger partial charge >= 0.3 is 0 Å². The molecular weight excluding hydrogens is 445 g/mol. The van der Waals surface area contributed by atoms with Gasteiger partial charge in [0, 0.05) is 5.02 Å². The second kappa shape index (κ2) is 8.07. The fourth-order valence-corrected chi connectivity index (χ4v) is 5.10. The summed E-state index contributed by atoms with van der Waals surface area (Å²) < 4.78 is 46.0. The maximum atomic E-state index is 14.9. The molecule has 2 aromatic carbocycles. The molecule has 1 aromatic heterocycles. The van der Waals surface area contributed by atoms with Crippen molar-refractivity contribution in [2.75, 3.05) is 10.7 Å². The van der Waals surface area contributed by atoms with Crippen LogP contribution in [0.3, 0.4) is 0 Å². The van der Waals surface area contributed by atoms with E-state index in [1.807, 2.05) is 6.92 Å². The third-order valence-corrected chi connectivity index (χ3v) is 7.10. The van der Waals surface area contributed by atoms with Gasteiger partial charge in [-0.3, -0.25) is 4.79 Å². The van der Waals surface area contributed by atoms with Gasteiger partial charge in [0.1, 0.15) is 12.1 Å². The monoisotopic (exact) mass is 463 g/mol. The summed E-state index contributed by atoms with van der Waals surface area (Å²) >= 11 is 5.93. The van der Waals surface area contributed by atoms with Crippen molar-refractivity contribution in [3.8, 4) is 11.5 Å². The first kappa shape index (κ1) is 21.5. The number of nitrogens with zero attached hydrogens (tertiary/aromatic N) is 2. The van der Waals surface area contributed by atoms with E-state index in [-0.39, 0.29) is 28.6 Å². The molecule has 0 unspecified atom stereocenters. The van der Waals surface area contributed by atoms with E-state index in [1.54, 1.807) is 24.3 Å². The number of halogens is 2. The number of sulfone groups is 1. The molecule has 0 aliphatic carbocycles. The third kappa shape index (κ3) is 4.08. The topological polar surface area (TPSA) is 106 Å². The summed E-state index contributed by atoms with van der Waals surface area (Å²) in [5.41, 5.74) is 7.20. The van der Waals surface area contributed by atoms with Crippen molar-refractivity contribution < 1.29 is 22.0 Å². The van der Waals surface area contributed by atoms with E-state index in [2.05, 4.69) is 4.98 Å². The van der Waals surface area contributed by atoms with Crippen LogP contribution in [0, 0.1) is 5.82 Å². The minimum absolute atomic E-state index is 0.00184. The molecule has 0 radical (unpaired) electrons. The molecule has 31 heavy (non-hydrogen) atoms. The van der Waals surface area contributed by atoms with Crippen LogP contribution < -0.4 is 10.6 Å². The molecule has 0 saturated carbocycles. The minimum atomic E-state index is -4.01. The molecule has 0 bridgehead atoms. The Hall–Kier alpha value is -2.75. The number of hydrogen-bond acceptors (Lipinski definition) is 6. The van der Waals surface area contributed by atoms with Gasteiger partial charge in [-0.1, -0.05) is 30.7 Å². The third-order valence-electron chi connectivity index (χ3n) is 5.06. The van der Waals surface area contributed by atoms with Crippen LogP contribution in [0.25, 0.3) is 11.5 Å². The zero-order valence-electron chi connectivity index (χ0n) is 16.5. The van der Waals surface area contributed by atoms with Crippen molar-refractivity contribution in [3.05, 3.63) is 64.8 Å². The first-order valence-corrected chi connectivity index (χ1v) is 11.5. The Morgan fingerprint density at radius 3 is 2.65 bits per heavy atom. The normalized spacial score (nSPS) is 18.0. The van der Waals surface area contributed by atoms with Gasteiger partial charge in [-0.25, -0.2) is 17.8 Å². The van der Waals surface area contributed by atoms with Crippen LogP contribution in [0.15, 0.2) is 52.0 Å². The van der Waals surface area contributed by atoms with Gasteiger partial charge in [-0.2, -0.15) is 0 Å². The molecule has 1 atom stereocenters. The number of nitrogens with two attached hydrogens (primary N) is 1. The van der Waals surface area contributed by atoms with Gasteiger partial charge < -0.3 is 15.1 Å². The molecule has 1 aliphatic rings. The fraction of sp³-hybridized carbons (Fsp3) is 0.238. The number of carbonyl (C=O) groups excluding carboxylic acids is 1. The van der Waals surface area contributed by atoms with E-state index >= 15 is 0 Å². The molecule has 7 nitrogen and oxygen atoms in total. The number of aromatic nitrogens is 1. The Kier molecular flexibility index (Phi) is 5.59. The van der Waals surface area contributed by atoms with Crippen LogP contribution in [-0.4, -0.2) is 31.1 Å². The van der Waals surface area contributed by atoms with Gasteiger partial charge in [-0.15, -0.1) is 0 Å². The van der Waals surface area contributed by atoms with Crippen molar-refractivity contribution in [3.63, 3.8) is 0 Å². The quantitative estimate of drug-likeness (QED) is 0.636. The molecule has 4 rings (SSSR count). The molecule has 1 aliphatic heterocycles. The summed E-state index contributed by atoms with van der Waals surface area (Å²) in [6, 6.07) is 7.63. The van der Waals surface area contributed by atoms with Crippen molar-refractivity contribution in [2.45, 2.75) is 30.8 Å². The molecule has 2 N–H and O–H groups in total. The number of hydrogen-bond donors (Lipinski definition) is 1. The zero-order valence-corrected chi connectivity index (χ0v) is 18.1. The van der Waals surface area contributed by atoms with Crippen LogP contribution in [0.1, 0.15) is 18.2 Å². The summed E-state index contributed by atoms with van der Waals surface area (Å²) in [5, 5.41) is 0.519. The lowest BCUT2D eigenvalue weighted by Gasteiger charge is -2.24. The summed E-state index contributed by atoms with van der Waals surface area (Å²) in [7, 11) is -4.01. The summed E-state index contributed by atoms with van der Waals surface area (Å²) in [6.07, 6.45) is 1.99. The van der Waals surface area contributed by atoms with Crippen LogP contribution in [0.2, 0.25) is 5.02 Å². The molecule has 162 valence electrons. The summed E-state index contributed by atoms with van der Waals surface area (Å²) in [4.78, 5) is 18.2. The lowest BCUT2D eigenvalue weighted by molar-refractivity contribution is -0.119. The Morgan fingerprint density at radius 2 is 2.00 bits per heavy atom. The number of carbonyl (C=O) groups is 1. The summed E-state index contributed by atoms with van der Waals surface area (Å²) in [5.74, 6) is -2.02. The number of oxazole rings is 1. The smallest absolute Gasteiger partial charge is 0.245 e. The van der Waals surface area contributed by atoms with Crippen molar-refractivity contribution in [2.24, 2.45) is 5.73 Å². The van der Waals surface area contributed by atoms with E-state index < -0.39 is 33.4 Å². The van der Waals surface area contributed by atoms with Crippen LogP contribution in [-0.2, 0) is 27.6 Å². The predicted molar refractivity (Wildman–Crippen MR) is 114 cm³/mol. The molecule has 2 heterocycles. The van der Waals surface area contributed by atoms with Gasteiger partial charge in [0.25, 0.3) is 0 Å². The SMILES string of the molecule is CCc1coc(-c2cc3c(cc2F)S(=O)(=O)C[C@H](N)C(=O)N3Cc2ccc(Cl)cc2)n1. The number of rotatable bonds is 4. The Bertz CT molecular complexity index is 1260. The minimum Gasteiger partial charge on any atom is -0.444 e. The molecule has 1 amide bonds. The Balaban J connectivity index is 1.90. The van der Waals surface area contributed by atoms with Crippen LogP contribution >= 0.6 is 11.6 Å². The number of anilines is 1. The highest BCUT2D eigenvalue weighted by Gasteiger charge is 2.37. The average Bonchev–Trinajstić information content (AvgIpc) is 3.19. The molecule has 0 spiro atoms. The van der Waals surface area contributed by atoms with Crippen LogP contribution in [0.5, 0.6) is 0 Å². The fourth-order valence-electron chi connectivity index (χ4n) is 3.41. The van der Waals surface area contributed by atoms with E-state index in [0.717, 1.165) is 6.07 Å². The van der Waals surface area contributed by atoms with Gasteiger partial charge in [0.2, 0.25) is 11.8 Å². The molecule has 3 aromatic rings. The standard InChI is InChI=1S/C21H19ClFN3O4S/c1-2-14-10-30-20(25-14)15-7-18-19(8-16(15)23)31(28,29)11-17(24)21(27)26(18)9-12-3-5-13(22)6-4-12/h3-8,10,17H,2,9,11,24H2,1H3/t17-/m0/s1. The van der Waals surface area contributed by atoms with Gasteiger partial charge in [0.15, 0.2) is 9.84 Å². The number of amides is 1. The predicted octanol–water partition coefficient (Wildman–Crippen LogP) is 3.34. The lowest BCUT2D eigenvalue weighted by atomic mass is 10.1. The Morgan fingerprint density at radius 1 is 1.29 bits per heavy atom. The lowest BCUT2D eigenvalue weighted by Crippen LogP contribution is -2.45. The van der Waals surface area contributed by atoms with Crippen molar-refractivity contribution in [1.82, 2.24) is 4.98 Å².